The Labute approximate surface area is 143 Å². The zero-order valence-electron chi connectivity index (χ0n) is 14.4. The van der Waals surface area contributed by atoms with Crippen LogP contribution in [-0.4, -0.2) is 28.6 Å². The van der Waals surface area contributed by atoms with Crippen LogP contribution in [0.3, 0.4) is 0 Å². The number of carbonyl (C=O) groups excluding carboxylic acids is 1. The molecule has 0 aliphatic rings. The molecular weight excluding hydrogens is 302 g/mol. The van der Waals surface area contributed by atoms with E-state index in [4.69, 9.17) is 0 Å². The van der Waals surface area contributed by atoms with Crippen molar-refractivity contribution in [3.05, 3.63) is 59.4 Å². The Kier molecular flexibility index (Phi) is 6.46. The van der Waals surface area contributed by atoms with Crippen LogP contribution in [0.15, 0.2) is 42.7 Å². The van der Waals surface area contributed by atoms with E-state index >= 15 is 0 Å². The topological polar surface area (TPSA) is 74.2 Å². The van der Waals surface area contributed by atoms with Crippen LogP contribution < -0.4 is 10.6 Å². The van der Waals surface area contributed by atoms with E-state index in [1.807, 2.05) is 39.0 Å². The monoisotopic (exact) mass is 327 g/mol. The molecule has 3 N–H and O–H groups in total. The molecule has 5 nitrogen and oxygen atoms in total. The third kappa shape index (κ3) is 5.44. The first-order valence-corrected chi connectivity index (χ1v) is 8.14. The summed E-state index contributed by atoms with van der Waals surface area (Å²) in [6.45, 7) is 6.33. The number of aliphatic hydroxyl groups is 1. The standard InChI is InChI=1S/C19H25N3O2/c1-13-4-5-17(14(2)10-13)22-19(24)11-15(3)21-12-18(23)16-6-8-20-9-7-16/h4-10,15,18,21,23H,11-12H2,1-3H3,(H,22,24). The van der Waals surface area contributed by atoms with Crippen molar-refractivity contribution in [2.24, 2.45) is 0 Å². The average molecular weight is 327 g/mol. The molecule has 0 fully saturated rings. The van der Waals surface area contributed by atoms with Crippen LogP contribution >= 0.6 is 0 Å². The lowest BCUT2D eigenvalue weighted by Gasteiger charge is -2.17. The van der Waals surface area contributed by atoms with E-state index in [0.717, 1.165) is 16.8 Å². The number of aryl methyl sites for hydroxylation is 2. The maximum Gasteiger partial charge on any atom is 0.225 e. The first kappa shape index (κ1) is 18.1. The van der Waals surface area contributed by atoms with Gasteiger partial charge < -0.3 is 15.7 Å². The molecule has 0 bridgehead atoms. The Morgan fingerprint density at radius 3 is 2.58 bits per heavy atom. The molecule has 1 amide bonds. The zero-order chi connectivity index (χ0) is 17.5. The van der Waals surface area contributed by atoms with Gasteiger partial charge in [-0.05, 0) is 50.1 Å². The molecule has 1 aromatic carbocycles. The molecule has 2 rings (SSSR count). The number of nitrogens with one attached hydrogen (secondary N) is 2. The molecule has 2 aromatic rings. The summed E-state index contributed by atoms with van der Waals surface area (Å²) in [5, 5.41) is 16.2. The highest BCUT2D eigenvalue weighted by Gasteiger charge is 2.13. The smallest absolute Gasteiger partial charge is 0.225 e. The van der Waals surface area contributed by atoms with Crippen molar-refractivity contribution in [2.75, 3.05) is 11.9 Å². The fourth-order valence-corrected chi connectivity index (χ4v) is 2.52. The molecule has 2 atom stereocenters. The number of anilines is 1. The molecule has 24 heavy (non-hydrogen) atoms. The van der Waals surface area contributed by atoms with Gasteiger partial charge in [0.15, 0.2) is 0 Å². The fraction of sp³-hybridized carbons (Fsp3) is 0.368. The number of hydrogen-bond acceptors (Lipinski definition) is 4. The zero-order valence-corrected chi connectivity index (χ0v) is 14.4. The SMILES string of the molecule is Cc1ccc(NC(=O)CC(C)NCC(O)c2ccncc2)c(C)c1. The maximum atomic E-state index is 12.2. The highest BCUT2D eigenvalue weighted by atomic mass is 16.3. The Morgan fingerprint density at radius 2 is 1.92 bits per heavy atom. The number of rotatable bonds is 7. The lowest BCUT2D eigenvalue weighted by molar-refractivity contribution is -0.116. The van der Waals surface area contributed by atoms with Crippen molar-refractivity contribution >= 4 is 11.6 Å². The van der Waals surface area contributed by atoms with E-state index in [1.165, 1.54) is 5.56 Å². The molecule has 2 unspecified atom stereocenters. The molecule has 5 heteroatoms. The minimum absolute atomic E-state index is 0.0350. The van der Waals surface area contributed by atoms with E-state index in [0.29, 0.717) is 13.0 Å². The number of carbonyl (C=O) groups is 1. The quantitative estimate of drug-likeness (QED) is 0.731. The third-order valence-electron chi connectivity index (χ3n) is 3.90. The molecule has 128 valence electrons. The number of hydrogen-bond donors (Lipinski definition) is 3. The third-order valence-corrected chi connectivity index (χ3v) is 3.90. The Hall–Kier alpha value is -2.24. The van der Waals surface area contributed by atoms with Gasteiger partial charge in [0.25, 0.3) is 0 Å². The van der Waals surface area contributed by atoms with Crippen LogP contribution in [0.5, 0.6) is 0 Å². The summed E-state index contributed by atoms with van der Waals surface area (Å²) in [6, 6.07) is 9.48. The molecule has 0 spiro atoms. The van der Waals surface area contributed by atoms with Crippen molar-refractivity contribution in [3.63, 3.8) is 0 Å². The van der Waals surface area contributed by atoms with Crippen molar-refractivity contribution in [1.82, 2.24) is 10.3 Å². The highest BCUT2D eigenvalue weighted by molar-refractivity contribution is 5.91. The molecule has 1 heterocycles. The number of aromatic nitrogens is 1. The lowest BCUT2D eigenvalue weighted by atomic mass is 10.1. The van der Waals surface area contributed by atoms with E-state index < -0.39 is 6.10 Å². The number of pyridine rings is 1. The summed E-state index contributed by atoms with van der Waals surface area (Å²) >= 11 is 0. The number of benzene rings is 1. The van der Waals surface area contributed by atoms with Gasteiger partial charge in [0.1, 0.15) is 0 Å². The first-order chi connectivity index (χ1) is 11.5. The van der Waals surface area contributed by atoms with E-state index in [9.17, 15) is 9.90 Å². The van der Waals surface area contributed by atoms with Gasteiger partial charge >= 0.3 is 0 Å². The van der Waals surface area contributed by atoms with Gasteiger partial charge in [-0.15, -0.1) is 0 Å². The number of aliphatic hydroxyl groups excluding tert-OH is 1. The second kappa shape index (κ2) is 8.57. The summed E-state index contributed by atoms with van der Waals surface area (Å²) < 4.78 is 0. The molecule has 0 saturated carbocycles. The van der Waals surface area contributed by atoms with Crippen LogP contribution in [0.2, 0.25) is 0 Å². The summed E-state index contributed by atoms with van der Waals surface area (Å²) in [5.74, 6) is -0.0413. The van der Waals surface area contributed by atoms with E-state index in [-0.39, 0.29) is 11.9 Å². The van der Waals surface area contributed by atoms with Crippen LogP contribution in [0, 0.1) is 13.8 Å². The molecular formula is C19H25N3O2. The Morgan fingerprint density at radius 1 is 1.21 bits per heavy atom. The summed E-state index contributed by atoms with van der Waals surface area (Å²) in [6.07, 6.45) is 3.03. The molecule has 0 aliphatic heterocycles. The largest absolute Gasteiger partial charge is 0.387 e. The summed E-state index contributed by atoms with van der Waals surface area (Å²) in [7, 11) is 0. The Bertz CT molecular complexity index is 674. The molecule has 0 saturated heterocycles. The predicted octanol–water partition coefficient (Wildman–Crippen LogP) is 2.74. The van der Waals surface area contributed by atoms with Gasteiger partial charge in [-0.2, -0.15) is 0 Å². The Balaban J connectivity index is 1.79. The van der Waals surface area contributed by atoms with E-state index in [1.54, 1.807) is 24.5 Å². The van der Waals surface area contributed by atoms with Crippen LogP contribution in [0.1, 0.15) is 36.1 Å². The normalized spacial score (nSPS) is 13.3. The van der Waals surface area contributed by atoms with Gasteiger partial charge in [0.05, 0.1) is 6.10 Å². The number of nitrogens with zero attached hydrogens (tertiary/aromatic N) is 1. The second-order valence-corrected chi connectivity index (χ2v) is 6.18. The summed E-state index contributed by atoms with van der Waals surface area (Å²) in [5.41, 5.74) is 3.88. The fourth-order valence-electron chi connectivity index (χ4n) is 2.52. The molecule has 0 radical (unpaired) electrons. The van der Waals surface area contributed by atoms with Crippen molar-refractivity contribution in [2.45, 2.75) is 39.3 Å². The van der Waals surface area contributed by atoms with Gasteiger partial charge in [-0.3, -0.25) is 9.78 Å². The average Bonchev–Trinajstić information content (AvgIpc) is 2.56. The van der Waals surface area contributed by atoms with Crippen LogP contribution in [0.4, 0.5) is 5.69 Å². The van der Waals surface area contributed by atoms with E-state index in [2.05, 4.69) is 15.6 Å². The van der Waals surface area contributed by atoms with Gasteiger partial charge in [0, 0.05) is 37.1 Å². The predicted molar refractivity (Wildman–Crippen MR) is 95.8 cm³/mol. The minimum Gasteiger partial charge on any atom is -0.387 e. The van der Waals surface area contributed by atoms with Gasteiger partial charge in [-0.25, -0.2) is 0 Å². The molecule has 1 aromatic heterocycles. The summed E-state index contributed by atoms with van der Waals surface area (Å²) in [4.78, 5) is 16.1. The van der Waals surface area contributed by atoms with Crippen molar-refractivity contribution in [3.8, 4) is 0 Å². The highest BCUT2D eigenvalue weighted by Crippen LogP contribution is 2.16. The lowest BCUT2D eigenvalue weighted by Crippen LogP contribution is -2.33. The number of amides is 1. The van der Waals surface area contributed by atoms with Crippen molar-refractivity contribution < 1.29 is 9.90 Å². The minimum atomic E-state index is -0.613. The van der Waals surface area contributed by atoms with Gasteiger partial charge in [-0.1, -0.05) is 17.7 Å². The van der Waals surface area contributed by atoms with Crippen LogP contribution in [0.25, 0.3) is 0 Å². The maximum absolute atomic E-state index is 12.2. The van der Waals surface area contributed by atoms with Crippen molar-refractivity contribution in [1.29, 1.82) is 0 Å². The molecule has 0 aliphatic carbocycles. The first-order valence-electron chi connectivity index (χ1n) is 8.14. The van der Waals surface area contributed by atoms with Crippen LogP contribution in [-0.2, 0) is 4.79 Å². The van der Waals surface area contributed by atoms with Gasteiger partial charge in [0.2, 0.25) is 5.91 Å². The second-order valence-electron chi connectivity index (χ2n) is 6.18.